The zero-order valence-electron chi connectivity index (χ0n) is 11.5. The summed E-state index contributed by atoms with van der Waals surface area (Å²) >= 11 is 0. The molecule has 0 aliphatic carbocycles. The van der Waals surface area contributed by atoms with Crippen LogP contribution < -0.4 is 11.1 Å². The minimum absolute atomic E-state index is 0.000339. The predicted octanol–water partition coefficient (Wildman–Crippen LogP) is 3.21. The van der Waals surface area contributed by atoms with Crippen LogP contribution in [0.5, 0.6) is 0 Å². The lowest BCUT2D eigenvalue weighted by molar-refractivity contribution is 0.0936. The third-order valence-electron chi connectivity index (χ3n) is 3.24. The molecule has 0 aliphatic heterocycles. The number of halogens is 1. The molecule has 0 unspecified atom stereocenters. The van der Waals surface area contributed by atoms with Crippen molar-refractivity contribution < 1.29 is 9.18 Å². The molecule has 2 aromatic carbocycles. The first kappa shape index (κ1) is 14.1. The first-order valence-electron chi connectivity index (χ1n) is 6.40. The SMILES string of the molecule is Cc1ccccc1[C@@H](C)NC(=O)c1ccc(N)cc1F. The molecule has 2 rings (SSSR count). The van der Waals surface area contributed by atoms with Gasteiger partial charge in [-0.1, -0.05) is 24.3 Å². The lowest BCUT2D eigenvalue weighted by atomic mass is 10.0. The van der Waals surface area contributed by atoms with E-state index < -0.39 is 11.7 Å². The molecule has 0 aliphatic rings. The Kier molecular flexibility index (Phi) is 4.03. The van der Waals surface area contributed by atoms with Crippen LogP contribution in [0, 0.1) is 12.7 Å². The van der Waals surface area contributed by atoms with Crippen LogP contribution in [-0.4, -0.2) is 5.91 Å². The number of benzene rings is 2. The van der Waals surface area contributed by atoms with E-state index in [0.717, 1.165) is 17.2 Å². The largest absolute Gasteiger partial charge is 0.399 e. The molecule has 0 saturated carbocycles. The van der Waals surface area contributed by atoms with Gasteiger partial charge >= 0.3 is 0 Å². The molecule has 104 valence electrons. The number of hydrogen-bond donors (Lipinski definition) is 2. The van der Waals surface area contributed by atoms with Gasteiger partial charge in [-0.05, 0) is 43.2 Å². The third kappa shape index (κ3) is 2.96. The number of amides is 1. The van der Waals surface area contributed by atoms with Crippen LogP contribution in [0.3, 0.4) is 0 Å². The van der Waals surface area contributed by atoms with Crippen molar-refractivity contribution in [3.05, 3.63) is 65.0 Å². The maximum atomic E-state index is 13.7. The number of hydrogen-bond acceptors (Lipinski definition) is 2. The van der Waals surface area contributed by atoms with Crippen molar-refractivity contribution in [3.63, 3.8) is 0 Å². The predicted molar refractivity (Wildman–Crippen MR) is 77.9 cm³/mol. The van der Waals surface area contributed by atoms with Crippen molar-refractivity contribution in [3.8, 4) is 0 Å². The number of carbonyl (C=O) groups is 1. The highest BCUT2D eigenvalue weighted by atomic mass is 19.1. The highest BCUT2D eigenvalue weighted by Gasteiger charge is 2.16. The third-order valence-corrected chi connectivity index (χ3v) is 3.24. The minimum atomic E-state index is -0.612. The Morgan fingerprint density at radius 3 is 2.60 bits per heavy atom. The molecule has 1 atom stereocenters. The average molecular weight is 272 g/mol. The average Bonchev–Trinajstić information content (AvgIpc) is 2.38. The Hall–Kier alpha value is -2.36. The molecule has 3 N–H and O–H groups in total. The normalized spacial score (nSPS) is 11.9. The molecule has 0 radical (unpaired) electrons. The fourth-order valence-electron chi connectivity index (χ4n) is 2.14. The maximum absolute atomic E-state index is 13.7. The van der Waals surface area contributed by atoms with Gasteiger partial charge in [0.2, 0.25) is 0 Å². The Balaban J connectivity index is 2.17. The van der Waals surface area contributed by atoms with Gasteiger partial charge in [0.1, 0.15) is 5.82 Å². The van der Waals surface area contributed by atoms with E-state index in [1.54, 1.807) is 0 Å². The second kappa shape index (κ2) is 5.74. The highest BCUT2D eigenvalue weighted by molar-refractivity contribution is 5.95. The van der Waals surface area contributed by atoms with Crippen molar-refractivity contribution in [1.29, 1.82) is 0 Å². The minimum Gasteiger partial charge on any atom is -0.399 e. The van der Waals surface area contributed by atoms with Gasteiger partial charge in [0.05, 0.1) is 11.6 Å². The van der Waals surface area contributed by atoms with Gasteiger partial charge in [-0.2, -0.15) is 0 Å². The fraction of sp³-hybridized carbons (Fsp3) is 0.188. The van der Waals surface area contributed by atoms with Crippen LogP contribution in [0.25, 0.3) is 0 Å². The van der Waals surface area contributed by atoms with Gasteiger partial charge in [0.25, 0.3) is 5.91 Å². The second-order valence-corrected chi connectivity index (χ2v) is 4.79. The van der Waals surface area contributed by atoms with Gasteiger partial charge in [-0.3, -0.25) is 4.79 Å². The van der Waals surface area contributed by atoms with E-state index in [1.165, 1.54) is 12.1 Å². The molecule has 0 saturated heterocycles. The summed E-state index contributed by atoms with van der Waals surface area (Å²) in [5, 5.41) is 2.79. The number of rotatable bonds is 3. The zero-order chi connectivity index (χ0) is 14.7. The smallest absolute Gasteiger partial charge is 0.254 e. The summed E-state index contributed by atoms with van der Waals surface area (Å²) in [5.41, 5.74) is 7.86. The summed E-state index contributed by atoms with van der Waals surface area (Å²) in [4.78, 5) is 12.1. The number of carbonyl (C=O) groups excluding carboxylic acids is 1. The van der Waals surface area contributed by atoms with E-state index in [2.05, 4.69) is 5.32 Å². The zero-order valence-corrected chi connectivity index (χ0v) is 11.5. The van der Waals surface area contributed by atoms with Crippen molar-refractivity contribution in [2.45, 2.75) is 19.9 Å². The standard InChI is InChI=1S/C16H17FN2O/c1-10-5-3-4-6-13(10)11(2)19-16(20)14-8-7-12(18)9-15(14)17/h3-9,11H,18H2,1-2H3,(H,19,20)/t11-/m1/s1. The first-order valence-corrected chi connectivity index (χ1v) is 6.40. The molecule has 0 aromatic heterocycles. The van der Waals surface area contributed by atoms with Crippen LogP contribution in [0.2, 0.25) is 0 Å². The van der Waals surface area contributed by atoms with Gasteiger partial charge in [-0.25, -0.2) is 4.39 Å². The first-order chi connectivity index (χ1) is 9.49. The summed E-state index contributed by atoms with van der Waals surface area (Å²) in [5.74, 6) is -1.06. The van der Waals surface area contributed by atoms with Crippen LogP contribution in [0.1, 0.15) is 34.5 Å². The Morgan fingerprint density at radius 2 is 1.95 bits per heavy atom. The number of nitrogens with one attached hydrogen (secondary N) is 1. The summed E-state index contributed by atoms with van der Waals surface area (Å²) in [6.45, 7) is 3.84. The van der Waals surface area contributed by atoms with Crippen LogP contribution in [-0.2, 0) is 0 Å². The summed E-state index contributed by atoms with van der Waals surface area (Å²) < 4.78 is 13.7. The van der Waals surface area contributed by atoms with Gasteiger partial charge in [0.15, 0.2) is 0 Å². The number of anilines is 1. The summed E-state index contributed by atoms with van der Waals surface area (Å²) in [6, 6.07) is 11.6. The quantitative estimate of drug-likeness (QED) is 0.843. The molecule has 3 nitrogen and oxygen atoms in total. The lowest BCUT2D eigenvalue weighted by Gasteiger charge is -2.16. The maximum Gasteiger partial charge on any atom is 0.254 e. The topological polar surface area (TPSA) is 55.1 Å². The molecule has 2 aromatic rings. The number of nitrogen functional groups attached to an aromatic ring is 1. The van der Waals surface area contributed by atoms with Crippen molar-refractivity contribution >= 4 is 11.6 Å². The highest BCUT2D eigenvalue weighted by Crippen LogP contribution is 2.18. The molecule has 1 amide bonds. The van der Waals surface area contributed by atoms with E-state index in [9.17, 15) is 9.18 Å². The van der Waals surface area contributed by atoms with E-state index in [4.69, 9.17) is 5.73 Å². The second-order valence-electron chi connectivity index (χ2n) is 4.79. The molecule has 4 heteroatoms. The number of nitrogens with two attached hydrogens (primary N) is 1. The van der Waals surface area contributed by atoms with Crippen molar-refractivity contribution in [1.82, 2.24) is 5.32 Å². The molecule has 0 bridgehead atoms. The van der Waals surface area contributed by atoms with Gasteiger partial charge < -0.3 is 11.1 Å². The Labute approximate surface area is 117 Å². The molecular weight excluding hydrogens is 255 g/mol. The van der Waals surface area contributed by atoms with Crippen molar-refractivity contribution in [2.75, 3.05) is 5.73 Å². The Morgan fingerprint density at radius 1 is 1.25 bits per heavy atom. The van der Waals surface area contributed by atoms with E-state index >= 15 is 0 Å². The number of aryl methyl sites for hydroxylation is 1. The van der Waals surface area contributed by atoms with Gasteiger partial charge in [-0.15, -0.1) is 0 Å². The van der Waals surface area contributed by atoms with Crippen LogP contribution >= 0.6 is 0 Å². The lowest BCUT2D eigenvalue weighted by Crippen LogP contribution is -2.27. The molecular formula is C16H17FN2O. The fourth-order valence-corrected chi connectivity index (χ4v) is 2.14. The molecule has 0 spiro atoms. The van der Waals surface area contributed by atoms with E-state index in [-0.39, 0.29) is 11.6 Å². The van der Waals surface area contributed by atoms with Crippen molar-refractivity contribution in [2.24, 2.45) is 0 Å². The monoisotopic (exact) mass is 272 g/mol. The summed E-state index contributed by atoms with van der Waals surface area (Å²) in [6.07, 6.45) is 0. The van der Waals surface area contributed by atoms with E-state index in [1.807, 2.05) is 38.1 Å². The van der Waals surface area contributed by atoms with Gasteiger partial charge in [0, 0.05) is 5.69 Å². The van der Waals surface area contributed by atoms with Crippen LogP contribution in [0.15, 0.2) is 42.5 Å². The molecule has 0 heterocycles. The molecule has 20 heavy (non-hydrogen) atoms. The van der Waals surface area contributed by atoms with Crippen LogP contribution in [0.4, 0.5) is 10.1 Å². The Bertz CT molecular complexity index is 640. The van der Waals surface area contributed by atoms with E-state index in [0.29, 0.717) is 5.69 Å². The molecule has 0 fully saturated rings. The summed E-state index contributed by atoms with van der Waals surface area (Å²) in [7, 11) is 0.